The molecule has 20 heavy (non-hydrogen) atoms. The Labute approximate surface area is 120 Å². The predicted octanol–water partition coefficient (Wildman–Crippen LogP) is 2.42. The van der Waals surface area contributed by atoms with Crippen molar-refractivity contribution >= 4 is 5.97 Å². The molecule has 1 N–H and O–H groups in total. The van der Waals surface area contributed by atoms with E-state index in [1.54, 1.807) is 0 Å². The van der Waals surface area contributed by atoms with Gasteiger partial charge >= 0.3 is 5.97 Å². The van der Waals surface area contributed by atoms with Crippen molar-refractivity contribution in [3.63, 3.8) is 0 Å². The van der Waals surface area contributed by atoms with E-state index in [9.17, 15) is 4.79 Å². The fourth-order valence-corrected chi connectivity index (χ4v) is 2.80. The van der Waals surface area contributed by atoms with Gasteiger partial charge in [0.25, 0.3) is 0 Å². The SMILES string of the molecule is Cc1cccc(OCCN2CC[C@H](C(=O)O)[C@H](C)C2)c1. The van der Waals surface area contributed by atoms with Crippen molar-refractivity contribution in [2.75, 3.05) is 26.2 Å². The quantitative estimate of drug-likeness (QED) is 0.898. The molecule has 1 saturated heterocycles. The molecule has 0 aromatic heterocycles. The van der Waals surface area contributed by atoms with E-state index in [0.717, 1.165) is 31.8 Å². The topological polar surface area (TPSA) is 49.8 Å². The standard InChI is InChI=1S/C16H23NO3/c1-12-4-3-5-14(10-12)20-9-8-17-7-6-15(16(18)19)13(2)11-17/h3-5,10,13,15H,6-9,11H2,1-2H3,(H,18,19)/t13-,15+/m1/s1. The Balaban J connectivity index is 1.74. The lowest BCUT2D eigenvalue weighted by Gasteiger charge is -2.34. The highest BCUT2D eigenvalue weighted by Gasteiger charge is 2.30. The van der Waals surface area contributed by atoms with Gasteiger partial charge in [0.1, 0.15) is 12.4 Å². The Morgan fingerprint density at radius 3 is 2.95 bits per heavy atom. The summed E-state index contributed by atoms with van der Waals surface area (Å²) in [5.74, 6) is 0.260. The third-order valence-corrected chi connectivity index (χ3v) is 3.97. The van der Waals surface area contributed by atoms with Crippen LogP contribution in [0.1, 0.15) is 18.9 Å². The van der Waals surface area contributed by atoms with Gasteiger partial charge in [0.15, 0.2) is 0 Å². The number of nitrogens with zero attached hydrogens (tertiary/aromatic N) is 1. The van der Waals surface area contributed by atoms with E-state index in [0.29, 0.717) is 6.61 Å². The predicted molar refractivity (Wildman–Crippen MR) is 78.0 cm³/mol. The molecule has 0 spiro atoms. The Kier molecular flexibility index (Phi) is 5.01. The average molecular weight is 277 g/mol. The Morgan fingerprint density at radius 2 is 2.30 bits per heavy atom. The highest BCUT2D eigenvalue weighted by molar-refractivity contribution is 5.70. The minimum atomic E-state index is -0.659. The summed E-state index contributed by atoms with van der Waals surface area (Å²) in [5.41, 5.74) is 1.19. The molecule has 0 saturated carbocycles. The minimum Gasteiger partial charge on any atom is -0.492 e. The van der Waals surface area contributed by atoms with Gasteiger partial charge in [0, 0.05) is 13.1 Å². The van der Waals surface area contributed by atoms with Crippen molar-refractivity contribution in [1.29, 1.82) is 0 Å². The van der Waals surface area contributed by atoms with Crippen LogP contribution in [0.15, 0.2) is 24.3 Å². The van der Waals surface area contributed by atoms with Crippen LogP contribution < -0.4 is 4.74 Å². The number of ether oxygens (including phenoxy) is 1. The fraction of sp³-hybridized carbons (Fsp3) is 0.562. The smallest absolute Gasteiger partial charge is 0.306 e. The second kappa shape index (κ2) is 6.75. The van der Waals surface area contributed by atoms with Crippen molar-refractivity contribution < 1.29 is 14.6 Å². The molecule has 0 unspecified atom stereocenters. The molecule has 0 radical (unpaired) electrons. The van der Waals surface area contributed by atoms with Crippen LogP contribution in [0.2, 0.25) is 0 Å². The van der Waals surface area contributed by atoms with Crippen LogP contribution in [-0.4, -0.2) is 42.2 Å². The molecule has 1 aliphatic heterocycles. The fourth-order valence-electron chi connectivity index (χ4n) is 2.80. The van der Waals surface area contributed by atoms with Crippen LogP contribution in [-0.2, 0) is 4.79 Å². The molecule has 1 aromatic rings. The summed E-state index contributed by atoms with van der Waals surface area (Å²) in [7, 11) is 0. The van der Waals surface area contributed by atoms with Crippen LogP contribution in [0.25, 0.3) is 0 Å². The zero-order valence-electron chi connectivity index (χ0n) is 12.2. The van der Waals surface area contributed by atoms with Crippen molar-refractivity contribution in [3.05, 3.63) is 29.8 Å². The molecule has 1 aliphatic rings. The van der Waals surface area contributed by atoms with E-state index in [2.05, 4.69) is 4.90 Å². The van der Waals surface area contributed by atoms with Gasteiger partial charge in [-0.1, -0.05) is 19.1 Å². The van der Waals surface area contributed by atoms with Crippen molar-refractivity contribution in [3.8, 4) is 5.75 Å². The molecule has 1 heterocycles. The zero-order valence-corrected chi connectivity index (χ0v) is 12.2. The molecule has 110 valence electrons. The third kappa shape index (κ3) is 3.97. The first-order valence-electron chi connectivity index (χ1n) is 7.21. The first kappa shape index (κ1) is 14.9. The van der Waals surface area contributed by atoms with E-state index in [1.165, 1.54) is 5.56 Å². The van der Waals surface area contributed by atoms with Crippen LogP contribution >= 0.6 is 0 Å². The highest BCUT2D eigenvalue weighted by Crippen LogP contribution is 2.23. The second-order valence-corrected chi connectivity index (χ2v) is 5.68. The molecular weight excluding hydrogens is 254 g/mol. The van der Waals surface area contributed by atoms with E-state index in [4.69, 9.17) is 9.84 Å². The van der Waals surface area contributed by atoms with E-state index in [1.807, 2.05) is 38.1 Å². The monoisotopic (exact) mass is 277 g/mol. The maximum absolute atomic E-state index is 11.1. The van der Waals surface area contributed by atoms with E-state index < -0.39 is 5.97 Å². The molecular formula is C16H23NO3. The number of hydrogen-bond donors (Lipinski definition) is 1. The van der Waals surface area contributed by atoms with Gasteiger partial charge in [-0.25, -0.2) is 0 Å². The number of benzene rings is 1. The lowest BCUT2D eigenvalue weighted by Crippen LogP contribution is -2.43. The Morgan fingerprint density at radius 1 is 1.50 bits per heavy atom. The Bertz CT molecular complexity index is 461. The van der Waals surface area contributed by atoms with E-state index >= 15 is 0 Å². The van der Waals surface area contributed by atoms with Crippen LogP contribution in [0, 0.1) is 18.8 Å². The minimum absolute atomic E-state index is 0.191. The van der Waals surface area contributed by atoms with Crippen LogP contribution in [0.3, 0.4) is 0 Å². The first-order valence-corrected chi connectivity index (χ1v) is 7.21. The van der Waals surface area contributed by atoms with Gasteiger partial charge in [-0.05, 0) is 43.5 Å². The van der Waals surface area contributed by atoms with Crippen molar-refractivity contribution in [2.24, 2.45) is 11.8 Å². The molecule has 0 bridgehead atoms. The summed E-state index contributed by atoms with van der Waals surface area (Å²) in [4.78, 5) is 13.4. The number of carboxylic acid groups (broad SMARTS) is 1. The third-order valence-electron chi connectivity index (χ3n) is 3.97. The maximum Gasteiger partial charge on any atom is 0.306 e. The van der Waals surface area contributed by atoms with Gasteiger partial charge in [-0.15, -0.1) is 0 Å². The summed E-state index contributed by atoms with van der Waals surface area (Å²) in [6.45, 7) is 7.25. The normalized spacial score (nSPS) is 23.5. The van der Waals surface area contributed by atoms with Gasteiger partial charge in [-0.2, -0.15) is 0 Å². The number of likely N-dealkylation sites (tertiary alicyclic amines) is 1. The number of aliphatic carboxylic acids is 1. The number of rotatable bonds is 5. The summed E-state index contributed by atoms with van der Waals surface area (Å²) < 4.78 is 5.74. The molecule has 2 atom stereocenters. The van der Waals surface area contributed by atoms with Gasteiger partial charge in [0.2, 0.25) is 0 Å². The molecule has 0 aliphatic carbocycles. The molecule has 2 rings (SSSR count). The number of carbonyl (C=O) groups is 1. The summed E-state index contributed by atoms with van der Waals surface area (Å²) in [6, 6.07) is 8.03. The summed E-state index contributed by atoms with van der Waals surface area (Å²) in [6.07, 6.45) is 0.737. The zero-order chi connectivity index (χ0) is 14.5. The molecule has 1 aromatic carbocycles. The first-order chi connectivity index (χ1) is 9.56. The average Bonchev–Trinajstić information content (AvgIpc) is 2.38. The maximum atomic E-state index is 11.1. The number of aryl methyl sites for hydroxylation is 1. The van der Waals surface area contributed by atoms with Gasteiger partial charge < -0.3 is 9.84 Å². The van der Waals surface area contributed by atoms with Gasteiger partial charge in [0.05, 0.1) is 5.92 Å². The van der Waals surface area contributed by atoms with Crippen molar-refractivity contribution in [2.45, 2.75) is 20.3 Å². The molecule has 4 heteroatoms. The summed E-state index contributed by atoms with van der Waals surface area (Å²) in [5, 5.41) is 9.10. The molecule has 1 fully saturated rings. The second-order valence-electron chi connectivity index (χ2n) is 5.68. The van der Waals surface area contributed by atoms with Crippen molar-refractivity contribution in [1.82, 2.24) is 4.90 Å². The highest BCUT2D eigenvalue weighted by atomic mass is 16.5. The largest absolute Gasteiger partial charge is 0.492 e. The number of hydrogen-bond acceptors (Lipinski definition) is 3. The molecule has 4 nitrogen and oxygen atoms in total. The van der Waals surface area contributed by atoms with Crippen LogP contribution in [0.4, 0.5) is 0 Å². The summed E-state index contributed by atoms with van der Waals surface area (Å²) >= 11 is 0. The lowest BCUT2D eigenvalue weighted by molar-refractivity contribution is -0.145. The molecule has 0 amide bonds. The lowest BCUT2D eigenvalue weighted by atomic mass is 9.87. The Hall–Kier alpha value is -1.55. The van der Waals surface area contributed by atoms with Gasteiger partial charge in [-0.3, -0.25) is 9.69 Å². The number of carboxylic acids is 1. The number of piperidine rings is 1. The van der Waals surface area contributed by atoms with E-state index in [-0.39, 0.29) is 11.8 Å². The van der Waals surface area contributed by atoms with Crippen LogP contribution in [0.5, 0.6) is 5.75 Å².